The Morgan fingerprint density at radius 2 is 1.41 bits per heavy atom. The van der Waals surface area contributed by atoms with Crippen LogP contribution in [-0.2, 0) is 16.6 Å². The largest absolute Gasteiger partial charge is 0.497 e. The van der Waals surface area contributed by atoms with E-state index in [4.69, 9.17) is 4.74 Å². The number of ether oxygens (including phenoxy) is 1. The van der Waals surface area contributed by atoms with E-state index in [9.17, 15) is 8.42 Å². The predicted molar refractivity (Wildman–Crippen MR) is 179 cm³/mol. The Hall–Kier alpha value is -4.16. The third-order valence-corrected chi connectivity index (χ3v) is 8.49. The van der Waals surface area contributed by atoms with Gasteiger partial charge in [-0.3, -0.25) is 0 Å². The van der Waals surface area contributed by atoms with E-state index in [1.54, 1.807) is 19.2 Å². The van der Waals surface area contributed by atoms with E-state index in [1.807, 2.05) is 81.4 Å². The zero-order valence-corrected chi connectivity index (χ0v) is 27.0. The van der Waals surface area contributed by atoms with Crippen LogP contribution in [0.4, 0.5) is 23.5 Å². The molecule has 0 unspecified atom stereocenters. The first-order valence-corrected chi connectivity index (χ1v) is 16.5. The van der Waals surface area contributed by atoms with Crippen molar-refractivity contribution in [1.29, 1.82) is 0 Å². The molecule has 11 nitrogen and oxygen atoms in total. The number of nitrogens with one attached hydrogen (secondary N) is 4. The molecule has 0 aliphatic heterocycles. The molecule has 1 aromatic heterocycles. The fourth-order valence-corrected chi connectivity index (χ4v) is 6.05. The molecule has 0 radical (unpaired) electrons. The second kappa shape index (κ2) is 15.5. The number of methoxy groups -OCH3 is 1. The van der Waals surface area contributed by atoms with Gasteiger partial charge >= 0.3 is 0 Å². The van der Waals surface area contributed by atoms with Crippen LogP contribution >= 0.6 is 0 Å². The lowest BCUT2D eigenvalue weighted by atomic mass is 10.1. The van der Waals surface area contributed by atoms with Crippen molar-refractivity contribution < 1.29 is 13.2 Å². The van der Waals surface area contributed by atoms with Gasteiger partial charge in [0.15, 0.2) is 0 Å². The maximum atomic E-state index is 13.1. The normalized spacial score (nSPS) is 11.5. The van der Waals surface area contributed by atoms with Gasteiger partial charge < -0.3 is 25.6 Å². The number of nitrogens with zero attached hydrogens (tertiary/aromatic N) is 4. The van der Waals surface area contributed by atoms with E-state index in [2.05, 4.69) is 35.6 Å². The highest BCUT2D eigenvalue weighted by Gasteiger charge is 2.18. The number of sulfonamides is 1. The van der Waals surface area contributed by atoms with Crippen molar-refractivity contribution in [3.63, 3.8) is 0 Å². The van der Waals surface area contributed by atoms with Crippen molar-refractivity contribution in [3.8, 4) is 5.75 Å². The Morgan fingerprint density at radius 3 is 2.09 bits per heavy atom. The van der Waals surface area contributed by atoms with Gasteiger partial charge in [-0.15, -0.1) is 0 Å². The van der Waals surface area contributed by atoms with Crippen molar-refractivity contribution in [1.82, 2.24) is 19.7 Å². The number of benzene rings is 3. The van der Waals surface area contributed by atoms with Crippen LogP contribution in [0.2, 0.25) is 0 Å². The van der Waals surface area contributed by atoms with Crippen LogP contribution in [-0.4, -0.2) is 63.7 Å². The highest BCUT2D eigenvalue weighted by molar-refractivity contribution is 7.89. The molecule has 4 N–H and O–H groups in total. The van der Waals surface area contributed by atoms with Crippen LogP contribution in [0.5, 0.6) is 5.75 Å². The summed E-state index contributed by atoms with van der Waals surface area (Å²) in [6, 6.07) is 19.2. The highest BCUT2D eigenvalue weighted by atomic mass is 32.2. The number of unbranched alkanes of at least 4 members (excludes halogenated alkanes) is 3. The summed E-state index contributed by atoms with van der Waals surface area (Å²) in [7, 11) is 1.93. The number of hydrogen-bond acceptors (Lipinski definition) is 10. The average molecular weight is 621 g/mol. The summed E-state index contributed by atoms with van der Waals surface area (Å²) in [5.74, 6) is 2.30. The Morgan fingerprint density at radius 1 is 0.773 bits per heavy atom. The first kappa shape index (κ1) is 32.7. The Labute approximate surface area is 260 Å². The maximum absolute atomic E-state index is 13.1. The molecule has 4 aromatic rings. The topological polar surface area (TPSA) is 133 Å². The Bertz CT molecular complexity index is 1610. The smallest absolute Gasteiger partial charge is 0.241 e. The van der Waals surface area contributed by atoms with Gasteiger partial charge in [0, 0.05) is 56.2 Å². The summed E-state index contributed by atoms with van der Waals surface area (Å²) in [6.45, 7) is 5.71. The van der Waals surface area contributed by atoms with Gasteiger partial charge in [0.25, 0.3) is 0 Å². The van der Waals surface area contributed by atoms with Crippen molar-refractivity contribution in [2.24, 2.45) is 0 Å². The van der Waals surface area contributed by atoms with Gasteiger partial charge in [0.2, 0.25) is 27.9 Å². The number of anilines is 4. The fourth-order valence-electron chi connectivity index (χ4n) is 4.76. The van der Waals surface area contributed by atoms with Crippen LogP contribution in [0.15, 0.2) is 65.6 Å². The monoisotopic (exact) mass is 620 g/mol. The lowest BCUT2D eigenvalue weighted by molar-refractivity contribution is 0.414. The molecule has 3 aromatic carbocycles. The molecule has 0 aliphatic rings. The molecule has 4 rings (SSSR count). The molecule has 0 fully saturated rings. The second-order valence-electron chi connectivity index (χ2n) is 11.1. The van der Waals surface area contributed by atoms with Crippen LogP contribution in [0, 0.1) is 0 Å². The molecule has 0 bridgehead atoms. The van der Waals surface area contributed by atoms with E-state index in [0.717, 1.165) is 53.5 Å². The number of hydrogen-bond donors (Lipinski definition) is 4. The van der Waals surface area contributed by atoms with Gasteiger partial charge in [0.05, 0.1) is 12.0 Å². The molecule has 44 heavy (non-hydrogen) atoms. The summed E-state index contributed by atoms with van der Waals surface area (Å²) in [6.07, 6.45) is 3.49. The van der Waals surface area contributed by atoms with Gasteiger partial charge in [-0.05, 0) is 56.5 Å². The molecular formula is C32H44N8O3S. The van der Waals surface area contributed by atoms with E-state index >= 15 is 0 Å². The van der Waals surface area contributed by atoms with Crippen LogP contribution < -0.4 is 30.3 Å². The zero-order valence-electron chi connectivity index (χ0n) is 26.2. The molecule has 236 valence electrons. The van der Waals surface area contributed by atoms with Crippen LogP contribution in [0.1, 0.15) is 45.1 Å². The minimum Gasteiger partial charge on any atom is -0.497 e. The molecule has 1 heterocycles. The lowest BCUT2D eigenvalue weighted by Gasteiger charge is -2.17. The molecule has 0 atom stereocenters. The van der Waals surface area contributed by atoms with Crippen LogP contribution in [0.3, 0.4) is 0 Å². The Kier molecular flexibility index (Phi) is 11.6. The summed E-state index contributed by atoms with van der Waals surface area (Å²) >= 11 is 0. The predicted octanol–water partition coefficient (Wildman–Crippen LogP) is 5.48. The minimum absolute atomic E-state index is 0.174. The third-order valence-electron chi connectivity index (χ3n) is 6.97. The van der Waals surface area contributed by atoms with Gasteiger partial charge in [-0.25, -0.2) is 13.1 Å². The average Bonchev–Trinajstić information content (AvgIpc) is 3.00. The molecule has 12 heteroatoms. The number of rotatable bonds is 17. The third kappa shape index (κ3) is 9.17. The van der Waals surface area contributed by atoms with Gasteiger partial charge in [-0.1, -0.05) is 49.2 Å². The Balaban J connectivity index is 1.23. The second-order valence-corrected chi connectivity index (χ2v) is 12.8. The summed E-state index contributed by atoms with van der Waals surface area (Å²) in [4.78, 5) is 15.9. The van der Waals surface area contributed by atoms with Crippen molar-refractivity contribution in [3.05, 3.63) is 66.2 Å². The molecule has 0 amide bonds. The summed E-state index contributed by atoms with van der Waals surface area (Å²) < 4.78 is 34.3. The first-order chi connectivity index (χ1) is 21.2. The quantitative estimate of drug-likeness (QED) is 0.112. The molecule has 0 aliphatic carbocycles. The number of aromatic nitrogens is 3. The molecule has 0 spiro atoms. The summed E-state index contributed by atoms with van der Waals surface area (Å²) in [5.41, 5.74) is 2.07. The minimum atomic E-state index is -3.63. The van der Waals surface area contributed by atoms with Crippen molar-refractivity contribution in [2.45, 2.75) is 57.0 Å². The SMILES string of the molecule is COc1ccc(CNc2nc(NCCCCCCNS(=O)(=O)c3cccc4c(N(C)C)cccc34)nc(NC(C)C)n2)cc1. The standard InChI is InChI=1S/C32H44N8O3S/c1-23(2)36-32-38-30(37-31(39-32)34-22-24-16-18-25(43-5)19-17-24)33-20-8-6-7-9-21-35-44(41,42)29-15-11-12-26-27(29)13-10-14-28(26)40(3)4/h10-19,23,35H,6-9,20-22H2,1-5H3,(H3,33,34,36,37,38,39). The maximum Gasteiger partial charge on any atom is 0.241 e. The zero-order chi connectivity index (χ0) is 31.5. The highest BCUT2D eigenvalue weighted by Crippen LogP contribution is 2.30. The lowest BCUT2D eigenvalue weighted by Crippen LogP contribution is -2.25. The molecule has 0 saturated carbocycles. The summed E-state index contributed by atoms with van der Waals surface area (Å²) in [5, 5.41) is 11.5. The van der Waals surface area contributed by atoms with E-state index < -0.39 is 10.0 Å². The fraction of sp³-hybridized carbons (Fsp3) is 0.406. The molecule has 0 saturated heterocycles. The van der Waals surface area contributed by atoms with Gasteiger partial charge in [-0.2, -0.15) is 15.0 Å². The first-order valence-electron chi connectivity index (χ1n) is 15.0. The number of fused-ring (bicyclic) bond motifs is 1. The van der Waals surface area contributed by atoms with E-state index in [1.165, 1.54) is 0 Å². The van der Waals surface area contributed by atoms with E-state index in [0.29, 0.717) is 42.4 Å². The van der Waals surface area contributed by atoms with Crippen molar-refractivity contribution >= 4 is 44.3 Å². The molecular weight excluding hydrogens is 576 g/mol. The van der Waals surface area contributed by atoms with Gasteiger partial charge in [0.1, 0.15) is 5.75 Å². The van der Waals surface area contributed by atoms with Crippen molar-refractivity contribution in [2.75, 3.05) is 55.1 Å². The van der Waals surface area contributed by atoms with E-state index in [-0.39, 0.29) is 6.04 Å². The van der Waals surface area contributed by atoms with Crippen LogP contribution in [0.25, 0.3) is 10.8 Å².